The number of unbranched alkanes of at least 4 members (excludes halogenated alkanes) is 5. The van der Waals surface area contributed by atoms with Crippen LogP contribution in [0.5, 0.6) is 5.75 Å². The average Bonchev–Trinajstić information content (AvgIpc) is 2.87. The van der Waals surface area contributed by atoms with Gasteiger partial charge in [0.1, 0.15) is 6.07 Å². The van der Waals surface area contributed by atoms with Gasteiger partial charge in [0.15, 0.2) is 11.6 Å². The smallest absolute Gasteiger partial charge is 0.343 e. The number of ether oxygens (including phenoxy) is 2. The monoisotopic (exact) mass is 469 g/mol. The summed E-state index contributed by atoms with van der Waals surface area (Å²) >= 11 is 0. The highest BCUT2D eigenvalue weighted by molar-refractivity contribution is 5.91. The van der Waals surface area contributed by atoms with Gasteiger partial charge in [0, 0.05) is 6.61 Å². The van der Waals surface area contributed by atoms with Crippen molar-refractivity contribution >= 4 is 5.97 Å². The van der Waals surface area contributed by atoms with Gasteiger partial charge < -0.3 is 9.47 Å². The lowest BCUT2D eigenvalue weighted by Crippen LogP contribution is -2.21. The van der Waals surface area contributed by atoms with Gasteiger partial charge >= 0.3 is 5.97 Å². The number of hydrogen-bond donors (Lipinski definition) is 0. The summed E-state index contributed by atoms with van der Waals surface area (Å²) in [6, 6.07) is 10.8. The Balaban J connectivity index is 1.44. The Morgan fingerprint density at radius 3 is 2.29 bits per heavy atom. The Bertz CT molecular complexity index is 976. The van der Waals surface area contributed by atoms with Gasteiger partial charge in [-0.3, -0.25) is 0 Å². The first kappa shape index (κ1) is 25.8. The van der Waals surface area contributed by atoms with E-state index >= 15 is 0 Å². The zero-order valence-corrected chi connectivity index (χ0v) is 19.8. The van der Waals surface area contributed by atoms with Crippen LogP contribution in [0.25, 0.3) is 0 Å². The molecule has 0 unspecified atom stereocenters. The van der Waals surface area contributed by atoms with Gasteiger partial charge in [0.2, 0.25) is 5.82 Å². The second-order valence-electron chi connectivity index (χ2n) is 8.97. The molecule has 2 aromatic rings. The van der Waals surface area contributed by atoms with Gasteiger partial charge in [0.25, 0.3) is 0 Å². The minimum atomic E-state index is -1.35. The Hall–Kier alpha value is -2.78. The van der Waals surface area contributed by atoms with Crippen LogP contribution < -0.4 is 4.74 Å². The third-order valence-electron chi connectivity index (χ3n) is 6.51. The van der Waals surface area contributed by atoms with E-state index in [1.54, 1.807) is 18.2 Å². The molecule has 0 aliphatic heterocycles. The van der Waals surface area contributed by atoms with Crippen molar-refractivity contribution in [3.63, 3.8) is 0 Å². The van der Waals surface area contributed by atoms with Crippen LogP contribution in [0.15, 0.2) is 36.4 Å². The molecule has 0 radical (unpaired) electrons. The highest BCUT2D eigenvalue weighted by Gasteiger charge is 2.23. The molecule has 0 heterocycles. The second-order valence-corrected chi connectivity index (χ2v) is 8.97. The number of halogens is 2. The van der Waals surface area contributed by atoms with E-state index in [0.29, 0.717) is 12.0 Å². The molecule has 1 fully saturated rings. The summed E-state index contributed by atoms with van der Waals surface area (Å²) in [7, 11) is 0. The maximum absolute atomic E-state index is 14.0. The standard InChI is InChI=1S/C28H33F2NO3/c1-2-3-4-5-6-7-18-33-24-15-12-21(13-16-24)20-8-10-22(11-9-20)28(32)34-25-17-14-23(19-31)26(29)27(25)30/h8-11,14,17,21,24H,2-7,12-13,15-16,18H2,1H3. The first-order valence-electron chi connectivity index (χ1n) is 12.3. The van der Waals surface area contributed by atoms with Gasteiger partial charge in [-0.1, -0.05) is 51.2 Å². The number of carbonyl (C=O) groups excluding carboxylic acids is 1. The second kappa shape index (κ2) is 13.2. The molecule has 3 rings (SSSR count). The molecule has 0 aromatic heterocycles. The summed E-state index contributed by atoms with van der Waals surface area (Å²) in [6.07, 6.45) is 12.1. The molecule has 0 spiro atoms. The van der Waals surface area contributed by atoms with E-state index in [4.69, 9.17) is 14.7 Å². The summed E-state index contributed by atoms with van der Waals surface area (Å²) in [5, 5.41) is 8.75. The Kier molecular flexibility index (Phi) is 10.0. The number of rotatable bonds is 11. The Labute approximate surface area is 200 Å². The van der Waals surface area contributed by atoms with Crippen molar-refractivity contribution < 1.29 is 23.0 Å². The van der Waals surface area contributed by atoms with E-state index in [2.05, 4.69) is 6.92 Å². The number of nitrogens with zero attached hydrogens (tertiary/aromatic N) is 1. The maximum atomic E-state index is 14.0. The topological polar surface area (TPSA) is 59.3 Å². The minimum Gasteiger partial charge on any atom is -0.420 e. The van der Waals surface area contributed by atoms with Crippen LogP contribution in [-0.2, 0) is 4.74 Å². The predicted octanol–water partition coefficient (Wildman–Crippen LogP) is 7.46. The van der Waals surface area contributed by atoms with Crippen LogP contribution >= 0.6 is 0 Å². The highest BCUT2D eigenvalue weighted by Crippen LogP contribution is 2.34. The number of benzene rings is 2. The molecule has 4 nitrogen and oxygen atoms in total. The molecule has 182 valence electrons. The molecule has 0 amide bonds. The van der Waals surface area contributed by atoms with Crippen molar-refractivity contribution in [2.45, 2.75) is 83.2 Å². The molecular formula is C28H33F2NO3. The van der Waals surface area contributed by atoms with E-state index in [1.807, 2.05) is 12.1 Å². The molecule has 1 saturated carbocycles. The van der Waals surface area contributed by atoms with Crippen molar-refractivity contribution in [1.82, 2.24) is 0 Å². The lowest BCUT2D eigenvalue weighted by molar-refractivity contribution is 0.0226. The molecule has 2 aromatic carbocycles. The van der Waals surface area contributed by atoms with Crippen molar-refractivity contribution in [2.24, 2.45) is 0 Å². The van der Waals surface area contributed by atoms with Crippen LogP contribution in [0.1, 0.15) is 98.5 Å². The Morgan fingerprint density at radius 2 is 1.62 bits per heavy atom. The average molecular weight is 470 g/mol. The van der Waals surface area contributed by atoms with E-state index in [0.717, 1.165) is 56.4 Å². The summed E-state index contributed by atoms with van der Waals surface area (Å²) in [4.78, 5) is 12.4. The predicted molar refractivity (Wildman–Crippen MR) is 127 cm³/mol. The normalized spacial score (nSPS) is 17.8. The molecular weight excluding hydrogens is 436 g/mol. The molecule has 0 bridgehead atoms. The van der Waals surface area contributed by atoms with Crippen LogP contribution in [0.4, 0.5) is 8.78 Å². The number of nitriles is 1. The van der Waals surface area contributed by atoms with Gasteiger partial charge in [-0.25, -0.2) is 9.18 Å². The summed E-state index contributed by atoms with van der Waals surface area (Å²) in [6.45, 7) is 3.08. The summed E-state index contributed by atoms with van der Waals surface area (Å²) in [5.41, 5.74) is 0.967. The fourth-order valence-corrected chi connectivity index (χ4v) is 4.44. The quantitative estimate of drug-likeness (QED) is 0.195. The molecule has 0 N–H and O–H groups in total. The molecule has 1 aliphatic carbocycles. The van der Waals surface area contributed by atoms with Gasteiger partial charge in [0.05, 0.1) is 17.2 Å². The van der Waals surface area contributed by atoms with E-state index < -0.39 is 28.9 Å². The third-order valence-corrected chi connectivity index (χ3v) is 6.51. The van der Waals surface area contributed by atoms with Crippen LogP contribution in [0.3, 0.4) is 0 Å². The lowest BCUT2D eigenvalue weighted by atomic mass is 9.82. The molecule has 0 atom stereocenters. The summed E-state index contributed by atoms with van der Waals surface area (Å²) in [5.74, 6) is -3.57. The number of hydrogen-bond acceptors (Lipinski definition) is 4. The van der Waals surface area contributed by atoms with Crippen molar-refractivity contribution in [3.05, 3.63) is 64.7 Å². The van der Waals surface area contributed by atoms with E-state index in [9.17, 15) is 13.6 Å². The van der Waals surface area contributed by atoms with Gasteiger partial charge in [-0.05, 0) is 67.9 Å². The molecule has 0 saturated heterocycles. The first-order chi connectivity index (χ1) is 16.5. The van der Waals surface area contributed by atoms with E-state index in [-0.39, 0.29) is 5.56 Å². The van der Waals surface area contributed by atoms with Crippen LogP contribution in [-0.4, -0.2) is 18.7 Å². The zero-order valence-electron chi connectivity index (χ0n) is 19.8. The number of esters is 1. The molecule has 1 aliphatic rings. The zero-order chi connectivity index (χ0) is 24.3. The largest absolute Gasteiger partial charge is 0.420 e. The van der Waals surface area contributed by atoms with Crippen molar-refractivity contribution in [1.29, 1.82) is 5.26 Å². The molecule has 34 heavy (non-hydrogen) atoms. The third kappa shape index (κ3) is 7.11. The van der Waals surface area contributed by atoms with Crippen molar-refractivity contribution in [2.75, 3.05) is 6.61 Å². The van der Waals surface area contributed by atoms with Gasteiger partial charge in [-0.15, -0.1) is 0 Å². The lowest BCUT2D eigenvalue weighted by Gasteiger charge is -2.29. The maximum Gasteiger partial charge on any atom is 0.343 e. The number of carbonyl (C=O) groups is 1. The highest BCUT2D eigenvalue weighted by atomic mass is 19.2. The van der Waals surface area contributed by atoms with Crippen LogP contribution in [0, 0.1) is 23.0 Å². The SMILES string of the molecule is CCCCCCCCOC1CCC(c2ccc(C(=O)Oc3ccc(C#N)c(F)c3F)cc2)CC1. The van der Waals surface area contributed by atoms with Gasteiger partial charge in [-0.2, -0.15) is 9.65 Å². The summed E-state index contributed by atoms with van der Waals surface area (Å²) < 4.78 is 38.8. The first-order valence-corrected chi connectivity index (χ1v) is 12.3. The van der Waals surface area contributed by atoms with Crippen molar-refractivity contribution in [3.8, 4) is 11.8 Å². The minimum absolute atomic E-state index is 0.254. The Morgan fingerprint density at radius 1 is 0.941 bits per heavy atom. The van der Waals surface area contributed by atoms with Crippen LogP contribution in [0.2, 0.25) is 0 Å². The molecule has 6 heteroatoms. The fraction of sp³-hybridized carbons (Fsp3) is 0.500. The fourth-order valence-electron chi connectivity index (χ4n) is 4.44. The van der Waals surface area contributed by atoms with E-state index in [1.165, 1.54) is 32.1 Å².